The zero-order valence-corrected chi connectivity index (χ0v) is 13.7. The molecule has 0 spiro atoms. The van der Waals surface area contributed by atoms with Crippen LogP contribution in [0, 0.1) is 0 Å². The summed E-state index contributed by atoms with van der Waals surface area (Å²) >= 11 is 3.17. The molecule has 1 amide bonds. The fourth-order valence-electron chi connectivity index (χ4n) is 1.73. The zero-order valence-electron chi connectivity index (χ0n) is 12.1. The molecule has 0 unspecified atom stereocenters. The highest BCUT2D eigenvalue weighted by Crippen LogP contribution is 2.26. The van der Waals surface area contributed by atoms with E-state index in [1.54, 1.807) is 25.3 Å². The summed E-state index contributed by atoms with van der Waals surface area (Å²) in [6, 6.07) is 10.6. The third-order valence-corrected chi connectivity index (χ3v) is 3.05. The predicted molar refractivity (Wildman–Crippen MR) is 86.4 cm³/mol. The number of halogens is 1. The molecule has 116 valence electrons. The van der Waals surface area contributed by atoms with Crippen molar-refractivity contribution in [3.63, 3.8) is 0 Å². The number of hydrogen-bond acceptors (Lipinski definition) is 4. The standard InChI is InChI=1S/C16H16BrNO4/c1-11(17)9-18-16(19)15-8-7-12(22-15)10-21-14-6-4-3-5-13(14)20-2/h3-8H,1,9-10H2,2H3,(H,18,19). The third-order valence-electron chi connectivity index (χ3n) is 2.77. The molecule has 0 fully saturated rings. The minimum atomic E-state index is -0.302. The summed E-state index contributed by atoms with van der Waals surface area (Å²) in [6.45, 7) is 4.19. The Balaban J connectivity index is 1.94. The number of methoxy groups -OCH3 is 1. The van der Waals surface area contributed by atoms with E-state index in [0.29, 0.717) is 28.3 Å². The minimum absolute atomic E-state index is 0.207. The first-order valence-electron chi connectivity index (χ1n) is 6.56. The summed E-state index contributed by atoms with van der Waals surface area (Å²) in [5.74, 6) is 1.73. The molecule has 1 N–H and O–H groups in total. The number of nitrogens with one attached hydrogen (secondary N) is 1. The van der Waals surface area contributed by atoms with Gasteiger partial charge in [0, 0.05) is 11.0 Å². The van der Waals surface area contributed by atoms with E-state index in [1.807, 2.05) is 18.2 Å². The molecule has 1 aromatic heterocycles. The monoisotopic (exact) mass is 365 g/mol. The highest BCUT2D eigenvalue weighted by molar-refractivity contribution is 9.11. The van der Waals surface area contributed by atoms with Crippen molar-refractivity contribution >= 4 is 21.8 Å². The van der Waals surface area contributed by atoms with Crippen molar-refractivity contribution in [2.45, 2.75) is 6.61 Å². The Bertz CT molecular complexity index is 666. The lowest BCUT2D eigenvalue weighted by Gasteiger charge is -2.08. The van der Waals surface area contributed by atoms with Gasteiger partial charge in [-0.2, -0.15) is 0 Å². The largest absolute Gasteiger partial charge is 0.493 e. The first-order chi connectivity index (χ1) is 10.6. The van der Waals surface area contributed by atoms with Crippen LogP contribution in [0.5, 0.6) is 11.5 Å². The van der Waals surface area contributed by atoms with E-state index in [-0.39, 0.29) is 18.3 Å². The summed E-state index contributed by atoms with van der Waals surface area (Å²) in [6.07, 6.45) is 0. The summed E-state index contributed by atoms with van der Waals surface area (Å²) < 4.78 is 17.0. The molecule has 0 atom stereocenters. The van der Waals surface area contributed by atoms with Crippen LogP contribution >= 0.6 is 15.9 Å². The van der Waals surface area contributed by atoms with Gasteiger partial charge in [0.1, 0.15) is 12.4 Å². The first-order valence-corrected chi connectivity index (χ1v) is 7.35. The van der Waals surface area contributed by atoms with Crippen LogP contribution in [-0.4, -0.2) is 19.6 Å². The van der Waals surface area contributed by atoms with Crippen LogP contribution in [0.3, 0.4) is 0 Å². The number of carbonyl (C=O) groups is 1. The Kier molecular flexibility index (Phi) is 5.66. The van der Waals surface area contributed by atoms with Gasteiger partial charge in [-0.3, -0.25) is 4.79 Å². The molecule has 1 aromatic carbocycles. The number of rotatable bonds is 7. The highest BCUT2D eigenvalue weighted by atomic mass is 79.9. The molecular weight excluding hydrogens is 350 g/mol. The van der Waals surface area contributed by atoms with Crippen molar-refractivity contribution in [3.05, 3.63) is 59.0 Å². The van der Waals surface area contributed by atoms with Crippen LogP contribution in [-0.2, 0) is 6.61 Å². The third kappa shape index (κ3) is 4.39. The molecule has 0 aliphatic carbocycles. The molecule has 6 heteroatoms. The normalized spacial score (nSPS) is 10.1. The Labute approximate surface area is 137 Å². The molecule has 5 nitrogen and oxygen atoms in total. The van der Waals surface area contributed by atoms with E-state index in [4.69, 9.17) is 13.9 Å². The van der Waals surface area contributed by atoms with E-state index in [2.05, 4.69) is 27.8 Å². The second kappa shape index (κ2) is 7.70. The van der Waals surface area contributed by atoms with Crippen LogP contribution < -0.4 is 14.8 Å². The Hall–Kier alpha value is -2.21. The maximum atomic E-state index is 11.8. The van der Waals surface area contributed by atoms with Crippen LogP contribution in [0.1, 0.15) is 16.3 Å². The molecule has 0 saturated carbocycles. The van der Waals surface area contributed by atoms with Gasteiger partial charge in [-0.15, -0.1) is 0 Å². The van der Waals surface area contributed by atoms with Gasteiger partial charge >= 0.3 is 0 Å². The molecule has 22 heavy (non-hydrogen) atoms. The first kappa shape index (κ1) is 16.2. The highest BCUT2D eigenvalue weighted by Gasteiger charge is 2.12. The number of amides is 1. The van der Waals surface area contributed by atoms with Crippen molar-refractivity contribution in [1.82, 2.24) is 5.32 Å². The topological polar surface area (TPSA) is 60.7 Å². The lowest BCUT2D eigenvalue weighted by atomic mass is 10.3. The minimum Gasteiger partial charge on any atom is -0.493 e. The SMILES string of the molecule is C=C(Br)CNC(=O)c1ccc(COc2ccccc2OC)o1. The predicted octanol–water partition coefficient (Wildman–Crippen LogP) is 3.51. The van der Waals surface area contributed by atoms with Crippen LogP contribution in [0.4, 0.5) is 0 Å². The summed E-state index contributed by atoms with van der Waals surface area (Å²) in [5, 5.41) is 2.66. The lowest BCUT2D eigenvalue weighted by Crippen LogP contribution is -2.23. The van der Waals surface area contributed by atoms with Crippen molar-refractivity contribution in [1.29, 1.82) is 0 Å². The van der Waals surface area contributed by atoms with Crippen molar-refractivity contribution in [2.24, 2.45) is 0 Å². The lowest BCUT2D eigenvalue weighted by molar-refractivity contribution is 0.0926. The number of carbonyl (C=O) groups excluding carboxylic acids is 1. The van der Waals surface area contributed by atoms with E-state index < -0.39 is 0 Å². The molecule has 0 aliphatic rings. The Morgan fingerprint density at radius 1 is 1.27 bits per heavy atom. The van der Waals surface area contributed by atoms with E-state index in [9.17, 15) is 4.79 Å². The van der Waals surface area contributed by atoms with Gasteiger partial charge in [-0.25, -0.2) is 0 Å². The molecule has 2 aromatic rings. The molecule has 0 aliphatic heterocycles. The van der Waals surface area contributed by atoms with E-state index in [0.717, 1.165) is 0 Å². The smallest absolute Gasteiger partial charge is 0.287 e. The number of hydrogen-bond donors (Lipinski definition) is 1. The summed E-state index contributed by atoms with van der Waals surface area (Å²) in [5.41, 5.74) is 0. The molecular formula is C16H16BrNO4. The second-order valence-corrected chi connectivity index (χ2v) is 5.53. The summed E-state index contributed by atoms with van der Waals surface area (Å²) in [7, 11) is 1.58. The molecule has 0 bridgehead atoms. The molecule has 0 saturated heterocycles. The molecule has 0 radical (unpaired) electrons. The second-order valence-electron chi connectivity index (χ2n) is 4.41. The van der Waals surface area contributed by atoms with Crippen molar-refractivity contribution in [3.8, 4) is 11.5 Å². The zero-order chi connectivity index (χ0) is 15.9. The van der Waals surface area contributed by atoms with E-state index >= 15 is 0 Å². The maximum absolute atomic E-state index is 11.8. The Morgan fingerprint density at radius 2 is 2.00 bits per heavy atom. The van der Waals surface area contributed by atoms with Gasteiger partial charge in [-0.05, 0) is 24.3 Å². The number of para-hydroxylation sites is 2. The summed E-state index contributed by atoms with van der Waals surface area (Å²) in [4.78, 5) is 11.8. The number of benzene rings is 1. The Morgan fingerprint density at radius 3 is 2.68 bits per heavy atom. The van der Waals surface area contributed by atoms with Gasteiger partial charge in [0.15, 0.2) is 17.3 Å². The van der Waals surface area contributed by atoms with Crippen molar-refractivity contribution < 1.29 is 18.7 Å². The van der Waals surface area contributed by atoms with E-state index in [1.165, 1.54) is 0 Å². The van der Waals surface area contributed by atoms with Gasteiger partial charge < -0.3 is 19.2 Å². The van der Waals surface area contributed by atoms with Crippen LogP contribution in [0.25, 0.3) is 0 Å². The molecule has 1 heterocycles. The number of ether oxygens (including phenoxy) is 2. The van der Waals surface area contributed by atoms with Gasteiger partial charge in [-0.1, -0.05) is 34.6 Å². The maximum Gasteiger partial charge on any atom is 0.287 e. The average Bonchev–Trinajstić information content (AvgIpc) is 2.99. The quantitative estimate of drug-likeness (QED) is 0.815. The fourth-order valence-corrected chi connectivity index (χ4v) is 1.87. The number of furan rings is 1. The van der Waals surface area contributed by atoms with Crippen molar-refractivity contribution in [2.75, 3.05) is 13.7 Å². The average molecular weight is 366 g/mol. The van der Waals surface area contributed by atoms with Crippen LogP contribution in [0.15, 0.2) is 51.9 Å². The van der Waals surface area contributed by atoms with Gasteiger partial charge in [0.05, 0.1) is 7.11 Å². The van der Waals surface area contributed by atoms with Gasteiger partial charge in [0.25, 0.3) is 5.91 Å². The fraction of sp³-hybridized carbons (Fsp3) is 0.188. The molecule has 2 rings (SSSR count). The van der Waals surface area contributed by atoms with Crippen LogP contribution in [0.2, 0.25) is 0 Å². The van der Waals surface area contributed by atoms with Gasteiger partial charge in [0.2, 0.25) is 0 Å².